The van der Waals surface area contributed by atoms with E-state index in [9.17, 15) is 0 Å². The van der Waals surface area contributed by atoms with E-state index in [1.165, 1.54) is 32.4 Å². The zero-order chi connectivity index (χ0) is 6.97. The summed E-state index contributed by atoms with van der Waals surface area (Å²) in [4.78, 5) is 0. The van der Waals surface area contributed by atoms with Gasteiger partial charge in [0.1, 0.15) is 0 Å². The van der Waals surface area contributed by atoms with E-state index < -0.39 is 0 Å². The van der Waals surface area contributed by atoms with Crippen molar-refractivity contribution < 1.29 is 0 Å². The Morgan fingerprint density at radius 3 is 2.80 bits per heavy atom. The maximum absolute atomic E-state index is 3.42. The van der Waals surface area contributed by atoms with Gasteiger partial charge in [0.2, 0.25) is 0 Å². The Labute approximate surface area is 63.2 Å². The van der Waals surface area contributed by atoms with Crippen molar-refractivity contribution >= 4 is 0 Å². The van der Waals surface area contributed by atoms with Crippen LogP contribution in [0.4, 0.5) is 0 Å². The zero-order valence-corrected chi connectivity index (χ0v) is 6.77. The molecule has 0 spiro atoms. The van der Waals surface area contributed by atoms with Crippen LogP contribution in [0.25, 0.3) is 0 Å². The normalized spacial score (nSPS) is 45.9. The summed E-state index contributed by atoms with van der Waals surface area (Å²) >= 11 is 0. The molecule has 1 aliphatic heterocycles. The lowest BCUT2D eigenvalue weighted by Gasteiger charge is -2.05. The Morgan fingerprint density at radius 2 is 2.30 bits per heavy atom. The van der Waals surface area contributed by atoms with Gasteiger partial charge >= 0.3 is 0 Å². The summed E-state index contributed by atoms with van der Waals surface area (Å²) in [5, 5.41) is 3.42. The van der Waals surface area contributed by atoms with Crippen molar-refractivity contribution in [1.29, 1.82) is 0 Å². The van der Waals surface area contributed by atoms with Gasteiger partial charge in [-0.25, -0.2) is 0 Å². The zero-order valence-electron chi connectivity index (χ0n) is 6.77. The van der Waals surface area contributed by atoms with Crippen molar-refractivity contribution in [3.05, 3.63) is 0 Å². The van der Waals surface area contributed by atoms with Crippen molar-refractivity contribution in [2.45, 2.75) is 26.2 Å². The Hall–Kier alpha value is -0.0400. The van der Waals surface area contributed by atoms with E-state index in [1.807, 2.05) is 0 Å². The Bertz CT molecular complexity index is 116. The van der Waals surface area contributed by atoms with E-state index in [0.717, 1.165) is 17.8 Å². The van der Waals surface area contributed by atoms with Crippen LogP contribution < -0.4 is 5.32 Å². The smallest absolute Gasteiger partial charge is 0.00199 e. The Morgan fingerprint density at radius 1 is 1.50 bits per heavy atom. The van der Waals surface area contributed by atoms with Gasteiger partial charge < -0.3 is 5.32 Å². The van der Waals surface area contributed by atoms with Crippen molar-refractivity contribution in [3.63, 3.8) is 0 Å². The first-order valence-electron chi connectivity index (χ1n) is 4.57. The summed E-state index contributed by atoms with van der Waals surface area (Å²) in [6.45, 7) is 4.95. The largest absolute Gasteiger partial charge is 0.316 e. The third-order valence-electron chi connectivity index (χ3n) is 3.07. The molecule has 3 atom stereocenters. The molecule has 0 bridgehead atoms. The molecule has 1 saturated carbocycles. The average Bonchev–Trinajstić information content (AvgIpc) is 2.48. The van der Waals surface area contributed by atoms with Crippen molar-refractivity contribution in [2.75, 3.05) is 13.1 Å². The first kappa shape index (κ1) is 6.66. The Balaban J connectivity index is 1.70. The summed E-state index contributed by atoms with van der Waals surface area (Å²) < 4.78 is 0. The molecule has 58 valence electrons. The summed E-state index contributed by atoms with van der Waals surface area (Å²) in [6.07, 6.45) is 4.45. The lowest BCUT2D eigenvalue weighted by atomic mass is 10.0. The van der Waals surface area contributed by atoms with Gasteiger partial charge in [0.25, 0.3) is 0 Å². The standard InChI is InChI=1S/C9H17N/c1-7-4-9(7)5-8-2-3-10-6-8/h7-10H,2-6H2,1H3. The minimum atomic E-state index is 1.02. The predicted molar refractivity (Wildman–Crippen MR) is 42.9 cm³/mol. The average molecular weight is 139 g/mol. The predicted octanol–water partition coefficient (Wildman–Crippen LogP) is 1.64. The van der Waals surface area contributed by atoms with Gasteiger partial charge in [0.05, 0.1) is 0 Å². The van der Waals surface area contributed by atoms with Gasteiger partial charge in [-0.3, -0.25) is 0 Å². The number of nitrogens with one attached hydrogen (secondary N) is 1. The van der Waals surface area contributed by atoms with Crippen LogP contribution in [0.3, 0.4) is 0 Å². The van der Waals surface area contributed by atoms with E-state index >= 15 is 0 Å². The maximum atomic E-state index is 3.42. The van der Waals surface area contributed by atoms with Crippen LogP contribution in [-0.2, 0) is 0 Å². The SMILES string of the molecule is CC1CC1CC1CCNC1. The molecule has 2 rings (SSSR count). The Kier molecular flexibility index (Phi) is 1.69. The molecular weight excluding hydrogens is 122 g/mol. The molecule has 3 unspecified atom stereocenters. The molecule has 0 aromatic heterocycles. The topological polar surface area (TPSA) is 12.0 Å². The number of hydrogen-bond donors (Lipinski definition) is 1. The first-order chi connectivity index (χ1) is 4.86. The van der Waals surface area contributed by atoms with Crippen LogP contribution in [0.5, 0.6) is 0 Å². The molecule has 10 heavy (non-hydrogen) atoms. The molecular formula is C9H17N. The molecule has 1 N–H and O–H groups in total. The van der Waals surface area contributed by atoms with E-state index in [-0.39, 0.29) is 0 Å². The second-order valence-electron chi connectivity index (χ2n) is 4.07. The molecule has 2 aliphatic rings. The number of rotatable bonds is 2. The molecule has 1 saturated heterocycles. The summed E-state index contributed by atoms with van der Waals surface area (Å²) in [7, 11) is 0. The van der Waals surface area contributed by atoms with Gasteiger partial charge in [-0.1, -0.05) is 6.92 Å². The molecule has 0 aromatic rings. The fraction of sp³-hybridized carbons (Fsp3) is 1.00. The van der Waals surface area contributed by atoms with Gasteiger partial charge in [-0.05, 0) is 50.1 Å². The van der Waals surface area contributed by atoms with Gasteiger partial charge in [0, 0.05) is 0 Å². The van der Waals surface area contributed by atoms with Crippen LogP contribution in [0.1, 0.15) is 26.2 Å². The summed E-state index contributed by atoms with van der Waals surface area (Å²) in [5.74, 6) is 3.18. The fourth-order valence-corrected chi connectivity index (χ4v) is 2.07. The third-order valence-corrected chi connectivity index (χ3v) is 3.07. The van der Waals surface area contributed by atoms with Crippen molar-refractivity contribution in [2.24, 2.45) is 17.8 Å². The monoisotopic (exact) mass is 139 g/mol. The van der Waals surface area contributed by atoms with E-state index in [1.54, 1.807) is 0 Å². The van der Waals surface area contributed by atoms with Crippen molar-refractivity contribution in [1.82, 2.24) is 5.32 Å². The van der Waals surface area contributed by atoms with Gasteiger partial charge in [-0.2, -0.15) is 0 Å². The highest BCUT2D eigenvalue weighted by molar-refractivity contribution is 4.86. The molecule has 2 fully saturated rings. The van der Waals surface area contributed by atoms with Crippen LogP contribution in [0.15, 0.2) is 0 Å². The highest BCUT2D eigenvalue weighted by Crippen LogP contribution is 2.43. The molecule has 1 heterocycles. The first-order valence-corrected chi connectivity index (χ1v) is 4.57. The second kappa shape index (κ2) is 2.54. The third kappa shape index (κ3) is 1.34. The molecule has 0 aromatic carbocycles. The van der Waals surface area contributed by atoms with Gasteiger partial charge in [-0.15, -0.1) is 0 Å². The minimum absolute atomic E-state index is 1.02. The maximum Gasteiger partial charge on any atom is -0.00199 e. The quantitative estimate of drug-likeness (QED) is 0.613. The highest BCUT2D eigenvalue weighted by Gasteiger charge is 2.34. The molecule has 1 nitrogen and oxygen atoms in total. The van der Waals surface area contributed by atoms with Crippen LogP contribution in [0, 0.1) is 17.8 Å². The molecule has 0 amide bonds. The minimum Gasteiger partial charge on any atom is -0.316 e. The lowest BCUT2D eigenvalue weighted by Crippen LogP contribution is -2.09. The van der Waals surface area contributed by atoms with Crippen molar-refractivity contribution in [3.8, 4) is 0 Å². The summed E-state index contributed by atoms with van der Waals surface area (Å²) in [6, 6.07) is 0. The molecule has 1 aliphatic carbocycles. The van der Waals surface area contributed by atoms with Crippen LogP contribution >= 0.6 is 0 Å². The van der Waals surface area contributed by atoms with Crippen LogP contribution in [0.2, 0.25) is 0 Å². The highest BCUT2D eigenvalue weighted by atomic mass is 14.9. The van der Waals surface area contributed by atoms with E-state index in [4.69, 9.17) is 0 Å². The molecule has 0 radical (unpaired) electrons. The fourth-order valence-electron chi connectivity index (χ4n) is 2.07. The van der Waals surface area contributed by atoms with Crippen LogP contribution in [-0.4, -0.2) is 13.1 Å². The second-order valence-corrected chi connectivity index (χ2v) is 4.07. The van der Waals surface area contributed by atoms with E-state index in [2.05, 4.69) is 12.2 Å². The van der Waals surface area contributed by atoms with E-state index in [0.29, 0.717) is 0 Å². The lowest BCUT2D eigenvalue weighted by molar-refractivity contribution is 0.481. The number of hydrogen-bond acceptors (Lipinski definition) is 1. The van der Waals surface area contributed by atoms with Gasteiger partial charge in [0.15, 0.2) is 0 Å². The summed E-state index contributed by atoms with van der Waals surface area (Å²) in [5.41, 5.74) is 0. The molecule has 1 heteroatoms.